The van der Waals surface area contributed by atoms with Crippen molar-refractivity contribution < 1.29 is 18.7 Å². The minimum atomic E-state index is -0.250. The lowest BCUT2D eigenvalue weighted by atomic mass is 10.0. The topological polar surface area (TPSA) is 73.6 Å². The lowest BCUT2D eigenvalue weighted by molar-refractivity contribution is -0.118. The van der Waals surface area contributed by atoms with Gasteiger partial charge in [-0.1, -0.05) is 26.0 Å². The van der Waals surface area contributed by atoms with Gasteiger partial charge in [0.1, 0.15) is 17.0 Å². The van der Waals surface area contributed by atoms with Crippen LogP contribution < -0.4 is 14.8 Å². The first-order valence-electron chi connectivity index (χ1n) is 10.2. The number of carbonyl (C=O) groups is 1. The van der Waals surface area contributed by atoms with Gasteiger partial charge >= 0.3 is 0 Å². The number of anilines is 1. The quantitative estimate of drug-likeness (QED) is 0.321. The third-order valence-electron chi connectivity index (χ3n) is 4.99. The molecule has 0 bridgehead atoms. The number of aromatic nitrogens is 1. The molecule has 0 saturated heterocycles. The van der Waals surface area contributed by atoms with E-state index >= 15 is 0 Å². The Kier molecular flexibility index (Phi) is 6.46. The van der Waals surface area contributed by atoms with Crippen LogP contribution >= 0.6 is 15.9 Å². The molecule has 3 aromatic carbocycles. The molecule has 0 aliphatic rings. The lowest BCUT2D eigenvalue weighted by Gasteiger charge is -2.09. The highest BCUT2D eigenvalue weighted by molar-refractivity contribution is 9.10. The van der Waals surface area contributed by atoms with Gasteiger partial charge < -0.3 is 19.2 Å². The van der Waals surface area contributed by atoms with Gasteiger partial charge in [-0.3, -0.25) is 4.79 Å². The van der Waals surface area contributed by atoms with Crippen molar-refractivity contribution in [2.75, 3.05) is 19.0 Å². The molecule has 0 aliphatic heterocycles. The number of halogens is 1. The molecular weight excluding hydrogens is 472 g/mol. The molecular formula is C25H23BrN2O4. The van der Waals surface area contributed by atoms with Crippen molar-refractivity contribution in [1.82, 2.24) is 4.98 Å². The first-order valence-corrected chi connectivity index (χ1v) is 11.0. The molecule has 0 fully saturated rings. The molecule has 7 heteroatoms. The lowest BCUT2D eigenvalue weighted by Crippen LogP contribution is -2.20. The monoisotopic (exact) mass is 494 g/mol. The van der Waals surface area contributed by atoms with Crippen LogP contribution in [0.25, 0.3) is 22.6 Å². The summed E-state index contributed by atoms with van der Waals surface area (Å²) in [6, 6.07) is 18.7. The highest BCUT2D eigenvalue weighted by Crippen LogP contribution is 2.32. The van der Waals surface area contributed by atoms with Crippen LogP contribution in [0.15, 0.2) is 69.6 Å². The molecule has 0 radical (unpaired) electrons. The number of benzene rings is 3. The van der Waals surface area contributed by atoms with E-state index in [1.54, 1.807) is 25.3 Å². The van der Waals surface area contributed by atoms with Crippen molar-refractivity contribution in [3.8, 4) is 23.0 Å². The summed E-state index contributed by atoms with van der Waals surface area (Å²) in [5.74, 6) is 2.07. The van der Waals surface area contributed by atoms with Crippen molar-refractivity contribution in [1.29, 1.82) is 0 Å². The smallest absolute Gasteiger partial charge is 0.262 e. The van der Waals surface area contributed by atoms with Crippen LogP contribution in [0.1, 0.15) is 25.3 Å². The van der Waals surface area contributed by atoms with Crippen molar-refractivity contribution in [2.24, 2.45) is 0 Å². The van der Waals surface area contributed by atoms with Crippen LogP contribution in [-0.2, 0) is 4.79 Å². The van der Waals surface area contributed by atoms with Gasteiger partial charge in [0.05, 0.1) is 11.6 Å². The van der Waals surface area contributed by atoms with Crippen LogP contribution in [-0.4, -0.2) is 24.6 Å². The van der Waals surface area contributed by atoms with E-state index in [0.717, 1.165) is 15.8 Å². The molecule has 4 aromatic rings. The van der Waals surface area contributed by atoms with Crippen molar-refractivity contribution in [3.05, 3.63) is 70.7 Å². The molecule has 164 valence electrons. The Hall–Kier alpha value is -3.32. The average Bonchev–Trinajstić information content (AvgIpc) is 3.21. The molecule has 0 aliphatic carbocycles. The number of rotatable bonds is 7. The zero-order valence-corrected chi connectivity index (χ0v) is 19.6. The van der Waals surface area contributed by atoms with Gasteiger partial charge in [-0.05, 0) is 75.9 Å². The van der Waals surface area contributed by atoms with Crippen molar-refractivity contribution in [3.63, 3.8) is 0 Å². The van der Waals surface area contributed by atoms with E-state index in [1.807, 2.05) is 42.5 Å². The first kappa shape index (κ1) is 21.9. The number of nitrogens with zero attached hydrogens (tertiary/aromatic N) is 1. The fraction of sp³-hybridized carbons (Fsp3) is 0.200. The van der Waals surface area contributed by atoms with E-state index in [4.69, 9.17) is 13.9 Å². The highest BCUT2D eigenvalue weighted by atomic mass is 79.9. The number of nitrogens with one attached hydrogen (secondary N) is 1. The summed E-state index contributed by atoms with van der Waals surface area (Å²) in [7, 11) is 1.61. The summed E-state index contributed by atoms with van der Waals surface area (Å²) in [4.78, 5) is 16.9. The first-order chi connectivity index (χ1) is 15.4. The number of fused-ring (bicyclic) bond motifs is 1. The number of hydrogen-bond acceptors (Lipinski definition) is 5. The molecule has 4 rings (SSSR count). The van der Waals surface area contributed by atoms with E-state index in [2.05, 4.69) is 40.1 Å². The fourth-order valence-electron chi connectivity index (χ4n) is 3.22. The van der Waals surface area contributed by atoms with Crippen molar-refractivity contribution in [2.45, 2.75) is 19.8 Å². The summed E-state index contributed by atoms with van der Waals surface area (Å²) < 4.78 is 17.5. The second-order valence-electron chi connectivity index (χ2n) is 7.61. The Morgan fingerprint density at radius 1 is 1.09 bits per heavy atom. The predicted molar refractivity (Wildman–Crippen MR) is 128 cm³/mol. The molecule has 0 spiro atoms. The molecule has 6 nitrogen and oxygen atoms in total. The van der Waals surface area contributed by atoms with Gasteiger partial charge in [0, 0.05) is 11.3 Å². The Labute approximate surface area is 194 Å². The Morgan fingerprint density at radius 3 is 2.56 bits per heavy atom. The van der Waals surface area contributed by atoms with Gasteiger partial charge in [0.2, 0.25) is 5.89 Å². The normalized spacial score (nSPS) is 11.0. The van der Waals surface area contributed by atoms with E-state index in [1.165, 1.54) is 5.56 Å². The number of methoxy groups -OCH3 is 1. The third kappa shape index (κ3) is 4.94. The second-order valence-corrected chi connectivity index (χ2v) is 8.47. The van der Waals surface area contributed by atoms with Crippen LogP contribution in [0.2, 0.25) is 0 Å². The SMILES string of the molecule is COc1ccc(-c2nc3cc(NC(=O)COc4ccc(C(C)C)cc4)ccc3o2)cc1Br. The summed E-state index contributed by atoms with van der Waals surface area (Å²) in [6.07, 6.45) is 0. The molecule has 1 amide bonds. The number of carbonyl (C=O) groups excluding carboxylic acids is 1. The maximum Gasteiger partial charge on any atom is 0.262 e. The minimum Gasteiger partial charge on any atom is -0.496 e. The molecule has 0 unspecified atom stereocenters. The van der Waals surface area contributed by atoms with Gasteiger partial charge in [0.15, 0.2) is 12.2 Å². The zero-order valence-electron chi connectivity index (χ0n) is 18.0. The summed E-state index contributed by atoms with van der Waals surface area (Å²) in [5, 5.41) is 2.84. The number of ether oxygens (including phenoxy) is 2. The van der Waals surface area contributed by atoms with Gasteiger partial charge in [0.25, 0.3) is 5.91 Å². The summed E-state index contributed by atoms with van der Waals surface area (Å²) >= 11 is 3.47. The molecule has 0 atom stereocenters. The standard InChI is InChI=1S/C25H23BrN2O4/c1-15(2)16-4-8-19(9-5-16)31-14-24(29)27-18-7-11-23-21(13-18)28-25(32-23)17-6-10-22(30-3)20(26)12-17/h4-13,15H,14H2,1-3H3,(H,27,29). The Balaban J connectivity index is 1.42. The summed E-state index contributed by atoms with van der Waals surface area (Å²) in [5.41, 5.74) is 3.94. The fourth-order valence-corrected chi connectivity index (χ4v) is 3.76. The van der Waals surface area contributed by atoms with Crippen LogP contribution in [0.4, 0.5) is 5.69 Å². The van der Waals surface area contributed by atoms with Crippen LogP contribution in [0.3, 0.4) is 0 Å². The van der Waals surface area contributed by atoms with E-state index < -0.39 is 0 Å². The summed E-state index contributed by atoms with van der Waals surface area (Å²) in [6.45, 7) is 4.19. The Bertz CT molecular complexity index is 1250. The molecule has 32 heavy (non-hydrogen) atoms. The van der Waals surface area contributed by atoms with Gasteiger partial charge in [-0.2, -0.15) is 0 Å². The van der Waals surface area contributed by atoms with Crippen LogP contribution in [0, 0.1) is 0 Å². The number of oxazole rings is 1. The number of amides is 1. The van der Waals surface area contributed by atoms with Crippen molar-refractivity contribution >= 4 is 38.6 Å². The Morgan fingerprint density at radius 2 is 1.88 bits per heavy atom. The maximum absolute atomic E-state index is 12.3. The van der Waals surface area contributed by atoms with Gasteiger partial charge in [-0.15, -0.1) is 0 Å². The number of hydrogen-bond donors (Lipinski definition) is 1. The van der Waals surface area contributed by atoms with Gasteiger partial charge in [-0.25, -0.2) is 4.98 Å². The van der Waals surface area contributed by atoms with E-state index in [-0.39, 0.29) is 12.5 Å². The average molecular weight is 495 g/mol. The molecule has 0 saturated carbocycles. The maximum atomic E-state index is 12.3. The molecule has 1 heterocycles. The zero-order chi connectivity index (χ0) is 22.7. The van der Waals surface area contributed by atoms with E-state index in [9.17, 15) is 4.79 Å². The molecule has 1 aromatic heterocycles. The minimum absolute atomic E-state index is 0.0804. The molecule has 1 N–H and O–H groups in total. The third-order valence-corrected chi connectivity index (χ3v) is 5.61. The second kappa shape index (κ2) is 9.44. The van der Waals surface area contributed by atoms with E-state index in [0.29, 0.717) is 34.3 Å². The predicted octanol–water partition coefficient (Wildman–Crippen LogP) is 6.41. The highest BCUT2D eigenvalue weighted by Gasteiger charge is 2.12. The van der Waals surface area contributed by atoms with Crippen LogP contribution in [0.5, 0.6) is 11.5 Å². The largest absolute Gasteiger partial charge is 0.496 e.